The van der Waals surface area contributed by atoms with E-state index in [4.69, 9.17) is 18.9 Å². The van der Waals surface area contributed by atoms with E-state index in [1.165, 1.54) is 33.1 Å². The Hall–Kier alpha value is -3.39. The predicted molar refractivity (Wildman–Crippen MR) is 126 cm³/mol. The lowest BCUT2D eigenvalue weighted by atomic mass is 10.1. The van der Waals surface area contributed by atoms with Crippen molar-refractivity contribution in [1.29, 1.82) is 0 Å². The summed E-state index contributed by atoms with van der Waals surface area (Å²) in [6, 6.07) is 11.1. The second-order valence-electron chi connectivity index (χ2n) is 6.73. The molecule has 0 aromatic heterocycles. The van der Waals surface area contributed by atoms with E-state index < -0.39 is 5.97 Å². The molecule has 1 aliphatic heterocycles. The smallest absolute Gasteiger partial charge is 0.344 e. The van der Waals surface area contributed by atoms with E-state index in [9.17, 15) is 9.90 Å². The first kappa shape index (κ1) is 23.3. The number of benzene rings is 2. The van der Waals surface area contributed by atoms with Crippen LogP contribution in [0.1, 0.15) is 18.1 Å². The van der Waals surface area contributed by atoms with Gasteiger partial charge in [-0.2, -0.15) is 0 Å². The van der Waals surface area contributed by atoms with E-state index in [0.29, 0.717) is 38.4 Å². The lowest BCUT2D eigenvalue weighted by Gasteiger charge is -2.14. The average molecular weight is 456 g/mol. The van der Waals surface area contributed by atoms with Crippen LogP contribution in [0.5, 0.6) is 17.2 Å². The van der Waals surface area contributed by atoms with Crippen LogP contribution in [-0.4, -0.2) is 44.1 Å². The normalized spacial score (nSPS) is 15.9. The number of hydrogen-bond acceptors (Lipinski definition) is 8. The van der Waals surface area contributed by atoms with Crippen LogP contribution >= 0.6 is 11.8 Å². The minimum absolute atomic E-state index is 0.0315. The fourth-order valence-corrected chi connectivity index (χ4v) is 4.21. The van der Waals surface area contributed by atoms with Crippen molar-refractivity contribution in [1.82, 2.24) is 0 Å². The van der Waals surface area contributed by atoms with Crippen molar-refractivity contribution in [3.05, 3.63) is 63.8 Å². The van der Waals surface area contributed by atoms with Crippen molar-refractivity contribution >= 4 is 34.5 Å². The minimum atomic E-state index is -0.633. The molecule has 0 unspecified atom stereocenters. The number of carbonyl (C=O) groups excluding carboxylic acids is 1. The third kappa shape index (κ3) is 4.75. The third-order valence-electron chi connectivity index (χ3n) is 4.62. The summed E-state index contributed by atoms with van der Waals surface area (Å²) in [4.78, 5) is 17.6. The standard InChI is InChI=1S/C24H25NO6S/c1-6-31-24(27)19-20(26)18(32-23(19)25-16-9-7-8-14(2)12-16)13-15-10-11-17(28-3)22(30-5)21(15)29-4/h7-13,26H,6H2,1-5H3. The molecular weight excluding hydrogens is 430 g/mol. The van der Waals surface area contributed by atoms with Gasteiger partial charge in [0.2, 0.25) is 5.75 Å². The number of aliphatic hydroxyl groups excluding tert-OH is 1. The highest BCUT2D eigenvalue weighted by molar-refractivity contribution is 8.18. The average Bonchev–Trinajstić information content (AvgIpc) is 3.07. The highest BCUT2D eigenvalue weighted by Crippen LogP contribution is 2.44. The van der Waals surface area contributed by atoms with Crippen molar-refractivity contribution in [2.45, 2.75) is 13.8 Å². The molecule has 0 bridgehead atoms. The number of aliphatic imine (C=N–C) groups is 1. The van der Waals surface area contributed by atoms with Crippen molar-refractivity contribution in [3.63, 3.8) is 0 Å². The van der Waals surface area contributed by atoms with Crippen LogP contribution in [0.3, 0.4) is 0 Å². The van der Waals surface area contributed by atoms with Gasteiger partial charge in [0.1, 0.15) is 16.4 Å². The number of nitrogens with zero attached hydrogens (tertiary/aromatic N) is 1. The second-order valence-corrected chi connectivity index (χ2v) is 7.76. The zero-order chi connectivity index (χ0) is 23.3. The molecule has 3 rings (SSSR count). The number of hydrogen-bond donors (Lipinski definition) is 1. The maximum Gasteiger partial charge on any atom is 0.344 e. The number of aryl methyl sites for hydroxylation is 1. The maximum absolute atomic E-state index is 12.6. The largest absolute Gasteiger partial charge is 0.506 e. The van der Waals surface area contributed by atoms with E-state index in [0.717, 1.165) is 5.56 Å². The van der Waals surface area contributed by atoms with E-state index in [1.54, 1.807) is 25.1 Å². The molecule has 0 radical (unpaired) electrons. The Morgan fingerprint density at radius 3 is 2.47 bits per heavy atom. The molecule has 0 saturated carbocycles. The molecule has 0 spiro atoms. The highest BCUT2D eigenvalue weighted by Gasteiger charge is 2.33. The molecule has 0 fully saturated rings. The quantitative estimate of drug-likeness (QED) is 0.573. The van der Waals surface area contributed by atoms with Crippen LogP contribution in [0, 0.1) is 6.92 Å². The van der Waals surface area contributed by atoms with Crippen LogP contribution in [0.15, 0.2) is 57.6 Å². The van der Waals surface area contributed by atoms with Crippen molar-refractivity contribution in [3.8, 4) is 17.2 Å². The Bertz CT molecular complexity index is 1120. The number of aliphatic hydroxyl groups is 1. The van der Waals surface area contributed by atoms with Gasteiger partial charge in [-0.15, -0.1) is 0 Å². The Kier molecular flexibility index (Phi) is 7.48. The lowest BCUT2D eigenvalue weighted by Crippen LogP contribution is -2.12. The summed E-state index contributed by atoms with van der Waals surface area (Å²) >= 11 is 1.18. The molecule has 0 atom stereocenters. The summed E-state index contributed by atoms with van der Waals surface area (Å²) < 4.78 is 21.4. The number of ether oxygens (including phenoxy) is 4. The van der Waals surface area contributed by atoms with Crippen molar-refractivity contribution < 1.29 is 28.8 Å². The topological polar surface area (TPSA) is 86.6 Å². The Labute approximate surface area is 191 Å². The Morgan fingerprint density at radius 1 is 1.09 bits per heavy atom. The molecule has 0 aliphatic carbocycles. The van der Waals surface area contributed by atoms with Crippen LogP contribution < -0.4 is 14.2 Å². The van der Waals surface area contributed by atoms with Crippen molar-refractivity contribution in [2.75, 3.05) is 27.9 Å². The predicted octanol–water partition coefficient (Wildman–Crippen LogP) is 5.21. The summed E-state index contributed by atoms with van der Waals surface area (Å²) in [5.74, 6) is 0.548. The molecule has 8 heteroatoms. The van der Waals surface area contributed by atoms with Crippen LogP contribution in [0.25, 0.3) is 6.08 Å². The summed E-state index contributed by atoms with van der Waals surface area (Å²) in [5.41, 5.74) is 2.38. The monoisotopic (exact) mass is 455 g/mol. The van der Waals surface area contributed by atoms with Gasteiger partial charge in [0, 0.05) is 5.56 Å². The molecule has 1 aliphatic rings. The minimum Gasteiger partial charge on any atom is -0.506 e. The molecule has 1 N–H and O–H groups in total. The SMILES string of the molecule is CCOC(=O)C1=C(O)C(=Cc2ccc(OC)c(OC)c2OC)SC1=Nc1cccc(C)c1. The van der Waals surface area contributed by atoms with Gasteiger partial charge in [-0.25, -0.2) is 9.79 Å². The van der Waals surface area contributed by atoms with Gasteiger partial charge in [-0.1, -0.05) is 23.9 Å². The third-order valence-corrected chi connectivity index (χ3v) is 5.64. The van der Waals surface area contributed by atoms with Crippen LogP contribution in [0.4, 0.5) is 5.69 Å². The van der Waals surface area contributed by atoms with Gasteiger partial charge in [-0.3, -0.25) is 0 Å². The molecule has 168 valence electrons. The number of esters is 1. The number of thioether (sulfide) groups is 1. The molecule has 0 saturated heterocycles. The van der Waals surface area contributed by atoms with Gasteiger partial charge in [-0.05, 0) is 49.8 Å². The number of carbonyl (C=O) groups is 1. The molecule has 0 amide bonds. The Balaban J connectivity index is 2.12. The first-order valence-corrected chi connectivity index (χ1v) is 10.7. The lowest BCUT2D eigenvalue weighted by molar-refractivity contribution is -0.138. The van der Waals surface area contributed by atoms with Gasteiger partial charge in [0.05, 0.1) is 38.5 Å². The highest BCUT2D eigenvalue weighted by atomic mass is 32.2. The van der Waals surface area contributed by atoms with Crippen LogP contribution in [-0.2, 0) is 9.53 Å². The molecule has 32 heavy (non-hydrogen) atoms. The maximum atomic E-state index is 12.6. The zero-order valence-corrected chi connectivity index (χ0v) is 19.4. The first-order chi connectivity index (χ1) is 15.4. The molecular formula is C24H25NO6S. The fraction of sp³-hybridized carbons (Fsp3) is 0.250. The zero-order valence-electron chi connectivity index (χ0n) is 18.6. The summed E-state index contributed by atoms with van der Waals surface area (Å²) in [6.07, 6.45) is 1.71. The van der Waals surface area contributed by atoms with E-state index in [1.807, 2.05) is 31.2 Å². The first-order valence-electron chi connectivity index (χ1n) is 9.88. The van der Waals surface area contributed by atoms with Gasteiger partial charge >= 0.3 is 5.97 Å². The number of methoxy groups -OCH3 is 3. The summed E-state index contributed by atoms with van der Waals surface area (Å²) in [7, 11) is 4.58. The van der Waals surface area contributed by atoms with E-state index in [-0.39, 0.29) is 17.9 Å². The molecule has 2 aromatic rings. The molecule has 2 aromatic carbocycles. The fourth-order valence-electron chi connectivity index (χ4n) is 3.19. The summed E-state index contributed by atoms with van der Waals surface area (Å²) in [6.45, 7) is 3.85. The molecule has 1 heterocycles. The van der Waals surface area contributed by atoms with Gasteiger partial charge < -0.3 is 24.1 Å². The molecule has 7 nitrogen and oxygen atoms in total. The van der Waals surface area contributed by atoms with Gasteiger partial charge in [0.15, 0.2) is 11.5 Å². The number of rotatable bonds is 7. The van der Waals surface area contributed by atoms with Crippen LogP contribution in [0.2, 0.25) is 0 Å². The summed E-state index contributed by atoms with van der Waals surface area (Å²) in [5, 5.41) is 11.3. The van der Waals surface area contributed by atoms with Crippen molar-refractivity contribution in [2.24, 2.45) is 4.99 Å². The second kappa shape index (κ2) is 10.3. The Morgan fingerprint density at radius 2 is 1.84 bits per heavy atom. The van der Waals surface area contributed by atoms with E-state index in [2.05, 4.69) is 4.99 Å². The van der Waals surface area contributed by atoms with E-state index >= 15 is 0 Å². The van der Waals surface area contributed by atoms with Gasteiger partial charge in [0.25, 0.3) is 0 Å².